The minimum atomic E-state index is -0.155. The Balaban J connectivity index is 2.82. The third-order valence-corrected chi connectivity index (χ3v) is 3.08. The summed E-state index contributed by atoms with van der Waals surface area (Å²) >= 11 is 0. The molecular formula is C13H21N3O3. The van der Waals surface area contributed by atoms with Crippen LogP contribution < -0.4 is 15.2 Å². The van der Waals surface area contributed by atoms with Gasteiger partial charge in [0.05, 0.1) is 20.3 Å². The molecule has 19 heavy (non-hydrogen) atoms. The number of benzene rings is 1. The molecule has 0 aliphatic rings. The maximum atomic E-state index is 8.67. The number of nitrogens with zero attached hydrogens (tertiary/aromatic N) is 2. The molecule has 0 heterocycles. The SMILES string of the molecule is COc1ccc(CN(C)C(C)C(N)=NO)cc1OC. The average molecular weight is 267 g/mol. The van der Waals surface area contributed by atoms with Crippen LogP contribution in [0.4, 0.5) is 0 Å². The Hall–Kier alpha value is -1.95. The molecule has 0 amide bonds. The number of rotatable bonds is 6. The summed E-state index contributed by atoms with van der Waals surface area (Å²) in [5.41, 5.74) is 6.64. The highest BCUT2D eigenvalue weighted by molar-refractivity contribution is 5.84. The van der Waals surface area contributed by atoms with E-state index >= 15 is 0 Å². The summed E-state index contributed by atoms with van der Waals surface area (Å²) in [6.45, 7) is 2.52. The lowest BCUT2D eigenvalue weighted by Crippen LogP contribution is -2.40. The van der Waals surface area contributed by atoms with E-state index in [9.17, 15) is 0 Å². The van der Waals surface area contributed by atoms with E-state index in [1.54, 1.807) is 14.2 Å². The van der Waals surface area contributed by atoms with Crippen LogP contribution in [0.3, 0.4) is 0 Å². The first-order valence-corrected chi connectivity index (χ1v) is 5.92. The topological polar surface area (TPSA) is 80.3 Å². The lowest BCUT2D eigenvalue weighted by atomic mass is 10.1. The Kier molecular flexibility index (Phi) is 5.44. The van der Waals surface area contributed by atoms with Crippen molar-refractivity contribution in [1.29, 1.82) is 0 Å². The van der Waals surface area contributed by atoms with E-state index in [2.05, 4.69) is 5.16 Å². The summed E-state index contributed by atoms with van der Waals surface area (Å²) in [6.07, 6.45) is 0. The smallest absolute Gasteiger partial charge is 0.161 e. The first-order valence-electron chi connectivity index (χ1n) is 5.92. The fraction of sp³-hybridized carbons (Fsp3) is 0.462. The predicted molar refractivity (Wildman–Crippen MR) is 73.9 cm³/mol. The second kappa shape index (κ2) is 6.84. The van der Waals surface area contributed by atoms with Gasteiger partial charge in [0.25, 0.3) is 0 Å². The highest BCUT2D eigenvalue weighted by Crippen LogP contribution is 2.28. The Labute approximate surface area is 113 Å². The normalized spacial score (nSPS) is 13.4. The van der Waals surface area contributed by atoms with Crippen molar-refractivity contribution in [3.63, 3.8) is 0 Å². The maximum Gasteiger partial charge on any atom is 0.161 e. The van der Waals surface area contributed by atoms with Crippen molar-refractivity contribution in [2.24, 2.45) is 10.9 Å². The Morgan fingerprint density at radius 2 is 2.00 bits per heavy atom. The molecule has 1 unspecified atom stereocenters. The molecule has 1 aromatic carbocycles. The van der Waals surface area contributed by atoms with Gasteiger partial charge in [0.15, 0.2) is 17.3 Å². The van der Waals surface area contributed by atoms with Crippen molar-refractivity contribution in [1.82, 2.24) is 4.90 Å². The highest BCUT2D eigenvalue weighted by atomic mass is 16.5. The van der Waals surface area contributed by atoms with Crippen LogP contribution in [-0.2, 0) is 6.54 Å². The van der Waals surface area contributed by atoms with Gasteiger partial charge in [-0.05, 0) is 31.7 Å². The predicted octanol–water partition coefficient (Wildman–Crippen LogP) is 1.27. The van der Waals surface area contributed by atoms with Crippen molar-refractivity contribution in [3.8, 4) is 11.5 Å². The van der Waals surface area contributed by atoms with Crippen LogP contribution in [0.5, 0.6) is 11.5 Å². The number of likely N-dealkylation sites (N-methyl/N-ethyl adjacent to an activating group) is 1. The summed E-state index contributed by atoms with van der Waals surface area (Å²) in [4.78, 5) is 1.97. The van der Waals surface area contributed by atoms with Crippen LogP contribution in [0.25, 0.3) is 0 Å². The van der Waals surface area contributed by atoms with Gasteiger partial charge in [0.2, 0.25) is 0 Å². The highest BCUT2D eigenvalue weighted by Gasteiger charge is 2.15. The first-order chi connectivity index (χ1) is 9.03. The zero-order valence-corrected chi connectivity index (χ0v) is 11.8. The molecule has 0 fully saturated rings. The van der Waals surface area contributed by atoms with Crippen molar-refractivity contribution in [3.05, 3.63) is 23.8 Å². The number of methoxy groups -OCH3 is 2. The summed E-state index contributed by atoms with van der Waals surface area (Å²) < 4.78 is 10.4. The zero-order chi connectivity index (χ0) is 14.4. The van der Waals surface area contributed by atoms with Crippen molar-refractivity contribution < 1.29 is 14.7 Å². The van der Waals surface area contributed by atoms with Gasteiger partial charge in [-0.1, -0.05) is 11.2 Å². The molecule has 106 valence electrons. The molecule has 0 spiro atoms. The summed E-state index contributed by atoms with van der Waals surface area (Å²) in [6, 6.07) is 5.57. The Bertz CT molecular complexity index is 449. The van der Waals surface area contributed by atoms with Gasteiger partial charge in [-0.25, -0.2) is 0 Å². The first kappa shape index (κ1) is 15.1. The van der Waals surface area contributed by atoms with Crippen LogP contribution in [0.1, 0.15) is 12.5 Å². The van der Waals surface area contributed by atoms with Crippen LogP contribution in [-0.4, -0.2) is 43.3 Å². The monoisotopic (exact) mass is 267 g/mol. The molecule has 0 aliphatic heterocycles. The molecule has 1 rings (SSSR count). The van der Waals surface area contributed by atoms with Crippen molar-refractivity contribution >= 4 is 5.84 Å². The lowest BCUT2D eigenvalue weighted by molar-refractivity contribution is 0.278. The molecule has 6 nitrogen and oxygen atoms in total. The van der Waals surface area contributed by atoms with Gasteiger partial charge in [-0.15, -0.1) is 0 Å². The van der Waals surface area contributed by atoms with Crippen LogP contribution in [0.2, 0.25) is 0 Å². The second-order valence-corrected chi connectivity index (χ2v) is 4.31. The number of nitrogens with two attached hydrogens (primary N) is 1. The molecule has 0 saturated carbocycles. The number of amidine groups is 1. The van der Waals surface area contributed by atoms with Crippen LogP contribution in [0, 0.1) is 0 Å². The largest absolute Gasteiger partial charge is 0.493 e. The third kappa shape index (κ3) is 3.75. The molecule has 0 radical (unpaired) electrons. The maximum absolute atomic E-state index is 8.67. The van der Waals surface area contributed by atoms with Gasteiger partial charge >= 0.3 is 0 Å². The van der Waals surface area contributed by atoms with E-state index in [4.69, 9.17) is 20.4 Å². The molecule has 0 saturated heterocycles. The standard InChI is InChI=1S/C13H21N3O3/c1-9(13(14)15-17)16(2)8-10-5-6-11(18-3)12(7-10)19-4/h5-7,9,17H,8H2,1-4H3,(H2,14,15). The summed E-state index contributed by atoms with van der Waals surface area (Å²) in [7, 11) is 5.11. The minimum absolute atomic E-state index is 0.155. The fourth-order valence-electron chi connectivity index (χ4n) is 1.71. The summed E-state index contributed by atoms with van der Waals surface area (Å²) in [5, 5.41) is 11.7. The van der Waals surface area contributed by atoms with E-state index in [1.807, 2.05) is 37.1 Å². The van der Waals surface area contributed by atoms with Gasteiger partial charge in [-0.3, -0.25) is 4.90 Å². The fourth-order valence-corrected chi connectivity index (χ4v) is 1.71. The molecule has 0 aliphatic carbocycles. The number of hydrogen-bond acceptors (Lipinski definition) is 5. The van der Waals surface area contributed by atoms with E-state index in [0.29, 0.717) is 18.0 Å². The minimum Gasteiger partial charge on any atom is -0.493 e. The van der Waals surface area contributed by atoms with Gasteiger partial charge in [0.1, 0.15) is 0 Å². The van der Waals surface area contributed by atoms with Crippen molar-refractivity contribution in [2.75, 3.05) is 21.3 Å². The van der Waals surface area contributed by atoms with Gasteiger partial charge in [0, 0.05) is 6.54 Å². The number of oxime groups is 1. The average Bonchev–Trinajstić information content (AvgIpc) is 2.45. The Morgan fingerprint density at radius 1 is 1.37 bits per heavy atom. The third-order valence-electron chi connectivity index (χ3n) is 3.08. The quantitative estimate of drug-likeness (QED) is 0.351. The summed E-state index contributed by atoms with van der Waals surface area (Å²) in [5.74, 6) is 1.56. The van der Waals surface area contributed by atoms with Crippen LogP contribution in [0.15, 0.2) is 23.4 Å². The molecule has 1 atom stereocenters. The molecule has 0 aromatic heterocycles. The number of ether oxygens (including phenoxy) is 2. The molecule has 6 heteroatoms. The van der Waals surface area contributed by atoms with Crippen LogP contribution >= 0.6 is 0 Å². The van der Waals surface area contributed by atoms with E-state index in [0.717, 1.165) is 5.56 Å². The van der Waals surface area contributed by atoms with E-state index in [-0.39, 0.29) is 11.9 Å². The van der Waals surface area contributed by atoms with E-state index in [1.165, 1.54) is 0 Å². The number of hydrogen-bond donors (Lipinski definition) is 2. The van der Waals surface area contributed by atoms with Crippen molar-refractivity contribution in [2.45, 2.75) is 19.5 Å². The molecule has 1 aromatic rings. The molecule has 3 N–H and O–H groups in total. The molecule has 0 bridgehead atoms. The Morgan fingerprint density at radius 3 is 2.53 bits per heavy atom. The second-order valence-electron chi connectivity index (χ2n) is 4.31. The zero-order valence-electron chi connectivity index (χ0n) is 11.8. The van der Waals surface area contributed by atoms with E-state index < -0.39 is 0 Å². The lowest BCUT2D eigenvalue weighted by Gasteiger charge is -2.23. The molecular weight excluding hydrogens is 246 g/mol. The van der Waals surface area contributed by atoms with Gasteiger partial charge < -0.3 is 20.4 Å². The van der Waals surface area contributed by atoms with Gasteiger partial charge in [-0.2, -0.15) is 0 Å².